The number of furan rings is 1. The quantitative estimate of drug-likeness (QED) is 0.170. The van der Waals surface area contributed by atoms with Gasteiger partial charge >= 0.3 is 0 Å². The molecule has 0 saturated heterocycles. The van der Waals surface area contributed by atoms with E-state index in [-0.39, 0.29) is 0 Å². The minimum atomic E-state index is 0.871. The van der Waals surface area contributed by atoms with Crippen LogP contribution in [0.4, 0.5) is 17.1 Å². The summed E-state index contributed by atoms with van der Waals surface area (Å²) in [6, 6.07) is 72.2. The maximum Gasteiger partial charge on any atom is 0.143 e. The van der Waals surface area contributed by atoms with Crippen molar-refractivity contribution in [1.82, 2.24) is 0 Å². The molecule has 3 heteroatoms. The fourth-order valence-corrected chi connectivity index (χ4v) is 9.31. The molecule has 11 rings (SSSR count). The summed E-state index contributed by atoms with van der Waals surface area (Å²) in [6.07, 6.45) is 0. The number of hydrogen-bond acceptors (Lipinski definition) is 3. The van der Waals surface area contributed by atoms with Crippen LogP contribution in [0.1, 0.15) is 0 Å². The number of hydrogen-bond donors (Lipinski definition) is 0. The van der Waals surface area contributed by atoms with E-state index in [4.69, 9.17) is 4.42 Å². The van der Waals surface area contributed by atoms with Gasteiger partial charge in [-0.15, -0.1) is 11.3 Å². The molecular weight excluding hydrogens is 687 g/mol. The SMILES string of the molecule is c1ccc(-c2ccc(-c3ccc(N(c4cccc(-c5ccc6c(c5)sc5ccccc56)c4)c4cccc5oc6c7ccccc7ccc6c45)cc3)cc2)cc1. The second kappa shape index (κ2) is 12.9. The molecule has 9 aromatic carbocycles. The number of thiophene rings is 1. The maximum absolute atomic E-state index is 6.68. The highest BCUT2D eigenvalue weighted by Gasteiger charge is 2.21. The van der Waals surface area contributed by atoms with Crippen LogP contribution in [0.5, 0.6) is 0 Å². The molecule has 0 atom stereocenters. The van der Waals surface area contributed by atoms with E-state index in [0.717, 1.165) is 44.4 Å². The van der Waals surface area contributed by atoms with Gasteiger partial charge in [0.2, 0.25) is 0 Å². The molecule has 2 aromatic heterocycles. The molecule has 0 unspecified atom stereocenters. The van der Waals surface area contributed by atoms with E-state index in [1.807, 2.05) is 11.3 Å². The number of benzene rings is 9. The number of fused-ring (bicyclic) bond motifs is 8. The highest BCUT2D eigenvalue weighted by atomic mass is 32.1. The Bertz CT molecular complexity index is 3190. The van der Waals surface area contributed by atoms with Gasteiger partial charge in [-0.1, -0.05) is 146 Å². The van der Waals surface area contributed by atoms with Gasteiger partial charge in [-0.2, -0.15) is 0 Å². The first kappa shape index (κ1) is 31.6. The van der Waals surface area contributed by atoms with E-state index in [0.29, 0.717) is 0 Å². The highest BCUT2D eigenvalue weighted by molar-refractivity contribution is 7.25. The minimum Gasteiger partial charge on any atom is -0.455 e. The van der Waals surface area contributed by atoms with Crippen LogP contribution >= 0.6 is 11.3 Å². The standard InChI is InChI=1S/C52H33NOS/c1-2-10-34(11-3-1)35-20-22-36(23-21-35)37-24-28-41(29-25-37)53(47-17-9-18-48-51(47)46-31-26-38-12-4-5-15-43(38)52(46)54-48)42-14-8-13-39(32-42)40-27-30-45-44-16-6-7-19-49(44)55-50(45)33-40/h1-33H. The smallest absolute Gasteiger partial charge is 0.143 e. The Labute approximate surface area is 322 Å². The molecule has 0 aliphatic carbocycles. The van der Waals surface area contributed by atoms with Gasteiger partial charge in [0, 0.05) is 42.3 Å². The Hall–Kier alpha value is -6.94. The van der Waals surface area contributed by atoms with Crippen LogP contribution in [-0.2, 0) is 0 Å². The van der Waals surface area contributed by atoms with Gasteiger partial charge in [-0.3, -0.25) is 0 Å². The zero-order chi connectivity index (χ0) is 36.3. The van der Waals surface area contributed by atoms with E-state index in [9.17, 15) is 0 Å². The Morgan fingerprint density at radius 3 is 1.78 bits per heavy atom. The molecule has 11 aromatic rings. The van der Waals surface area contributed by atoms with Crippen molar-refractivity contribution < 1.29 is 4.42 Å². The van der Waals surface area contributed by atoms with Gasteiger partial charge in [0.15, 0.2) is 0 Å². The van der Waals surface area contributed by atoms with E-state index in [1.54, 1.807) is 0 Å². The molecule has 0 amide bonds. The van der Waals surface area contributed by atoms with E-state index in [2.05, 4.69) is 205 Å². The molecule has 0 N–H and O–H groups in total. The summed E-state index contributed by atoms with van der Waals surface area (Å²) in [5.41, 5.74) is 12.2. The van der Waals surface area contributed by atoms with Crippen molar-refractivity contribution in [2.75, 3.05) is 4.90 Å². The second-order valence-corrected chi connectivity index (χ2v) is 15.2. The molecule has 2 heterocycles. The first-order chi connectivity index (χ1) is 27.2. The van der Waals surface area contributed by atoms with Crippen molar-refractivity contribution in [1.29, 1.82) is 0 Å². The van der Waals surface area contributed by atoms with Crippen molar-refractivity contribution in [3.05, 3.63) is 200 Å². The summed E-state index contributed by atoms with van der Waals surface area (Å²) in [5.74, 6) is 0. The number of nitrogens with zero attached hydrogens (tertiary/aromatic N) is 1. The fraction of sp³-hybridized carbons (Fsp3) is 0. The molecule has 0 spiro atoms. The van der Waals surface area contributed by atoms with Gasteiger partial charge in [0.1, 0.15) is 11.2 Å². The van der Waals surface area contributed by atoms with Crippen molar-refractivity contribution >= 4 is 81.3 Å². The fourth-order valence-electron chi connectivity index (χ4n) is 8.17. The Morgan fingerprint density at radius 2 is 0.964 bits per heavy atom. The Balaban J connectivity index is 1.06. The lowest BCUT2D eigenvalue weighted by molar-refractivity contribution is 0.672. The summed E-state index contributed by atoms with van der Waals surface area (Å²) in [6.45, 7) is 0. The topological polar surface area (TPSA) is 16.4 Å². The van der Waals surface area contributed by atoms with Gasteiger partial charge < -0.3 is 9.32 Å². The van der Waals surface area contributed by atoms with Crippen molar-refractivity contribution in [2.45, 2.75) is 0 Å². The minimum absolute atomic E-state index is 0.871. The van der Waals surface area contributed by atoms with Crippen LogP contribution in [0, 0.1) is 0 Å². The molecule has 0 fully saturated rings. The lowest BCUT2D eigenvalue weighted by atomic mass is 9.99. The van der Waals surface area contributed by atoms with Gasteiger partial charge in [0.05, 0.1) is 11.1 Å². The number of rotatable bonds is 6. The predicted molar refractivity (Wildman–Crippen MR) is 235 cm³/mol. The average molecular weight is 720 g/mol. The third-order valence-corrected chi connectivity index (χ3v) is 12.0. The van der Waals surface area contributed by atoms with Crippen LogP contribution in [0.2, 0.25) is 0 Å². The normalized spacial score (nSPS) is 11.6. The molecule has 0 aliphatic rings. The molecule has 0 aliphatic heterocycles. The molecule has 0 radical (unpaired) electrons. The summed E-state index contributed by atoms with van der Waals surface area (Å²) in [4.78, 5) is 2.39. The van der Waals surface area contributed by atoms with Gasteiger partial charge in [0.25, 0.3) is 0 Å². The van der Waals surface area contributed by atoms with E-state index in [1.165, 1.54) is 58.9 Å². The largest absolute Gasteiger partial charge is 0.455 e. The van der Waals surface area contributed by atoms with Crippen LogP contribution in [0.25, 0.3) is 86.3 Å². The second-order valence-electron chi connectivity index (χ2n) is 14.1. The monoisotopic (exact) mass is 719 g/mol. The summed E-state index contributed by atoms with van der Waals surface area (Å²) >= 11 is 1.86. The first-order valence-corrected chi connectivity index (χ1v) is 19.5. The van der Waals surface area contributed by atoms with Crippen molar-refractivity contribution in [2.24, 2.45) is 0 Å². The Morgan fingerprint density at radius 1 is 0.364 bits per heavy atom. The maximum atomic E-state index is 6.68. The zero-order valence-electron chi connectivity index (χ0n) is 29.8. The highest BCUT2D eigenvalue weighted by Crippen LogP contribution is 2.45. The third-order valence-electron chi connectivity index (χ3n) is 10.9. The molecule has 2 nitrogen and oxygen atoms in total. The molecule has 0 bridgehead atoms. The summed E-state index contributed by atoms with van der Waals surface area (Å²) < 4.78 is 9.30. The van der Waals surface area contributed by atoms with Crippen LogP contribution in [-0.4, -0.2) is 0 Å². The molecule has 258 valence electrons. The molecule has 55 heavy (non-hydrogen) atoms. The van der Waals surface area contributed by atoms with Gasteiger partial charge in [-0.05, 0) is 93.4 Å². The molecular formula is C52H33NOS. The van der Waals surface area contributed by atoms with E-state index < -0.39 is 0 Å². The van der Waals surface area contributed by atoms with Crippen LogP contribution < -0.4 is 4.90 Å². The zero-order valence-corrected chi connectivity index (χ0v) is 30.6. The lowest BCUT2D eigenvalue weighted by Crippen LogP contribution is -2.10. The summed E-state index contributed by atoms with van der Waals surface area (Å²) in [7, 11) is 0. The predicted octanol–water partition coefficient (Wildman–Crippen LogP) is 15.6. The van der Waals surface area contributed by atoms with Crippen molar-refractivity contribution in [3.63, 3.8) is 0 Å². The van der Waals surface area contributed by atoms with Crippen LogP contribution in [0.3, 0.4) is 0 Å². The number of anilines is 3. The van der Waals surface area contributed by atoms with Gasteiger partial charge in [-0.25, -0.2) is 0 Å². The van der Waals surface area contributed by atoms with Crippen LogP contribution in [0.15, 0.2) is 205 Å². The Kier molecular flexibility index (Phi) is 7.39. The first-order valence-electron chi connectivity index (χ1n) is 18.7. The average Bonchev–Trinajstić information content (AvgIpc) is 3.83. The lowest BCUT2D eigenvalue weighted by Gasteiger charge is -2.27. The molecule has 0 saturated carbocycles. The third kappa shape index (κ3) is 5.40. The summed E-state index contributed by atoms with van der Waals surface area (Å²) in [5, 5.41) is 7.12. The van der Waals surface area contributed by atoms with E-state index >= 15 is 0 Å². The van der Waals surface area contributed by atoms with Crippen molar-refractivity contribution in [3.8, 4) is 33.4 Å².